The van der Waals surface area contributed by atoms with Gasteiger partial charge in [0.05, 0.1) is 11.9 Å². The van der Waals surface area contributed by atoms with Crippen molar-refractivity contribution in [1.82, 2.24) is 10.2 Å². The largest absolute Gasteiger partial charge is 0.325 e. The van der Waals surface area contributed by atoms with E-state index in [1.165, 1.54) is 11.8 Å². The van der Waals surface area contributed by atoms with E-state index in [-0.39, 0.29) is 5.91 Å². The molecule has 1 aromatic heterocycles. The van der Waals surface area contributed by atoms with Crippen LogP contribution in [0.5, 0.6) is 0 Å². The number of nitrogens with one attached hydrogen (secondary N) is 1. The Morgan fingerprint density at radius 3 is 2.71 bits per heavy atom. The Labute approximate surface area is 145 Å². The first kappa shape index (κ1) is 16.5. The van der Waals surface area contributed by atoms with Gasteiger partial charge in [-0.25, -0.2) is 0 Å². The van der Waals surface area contributed by atoms with Crippen LogP contribution >= 0.6 is 11.8 Å². The van der Waals surface area contributed by atoms with Gasteiger partial charge in [0.25, 0.3) is 0 Å². The van der Waals surface area contributed by atoms with Crippen LogP contribution in [-0.2, 0) is 4.79 Å². The minimum atomic E-state index is -0.0390. The molecule has 0 aliphatic rings. The second-order valence-corrected chi connectivity index (χ2v) is 6.78. The van der Waals surface area contributed by atoms with Gasteiger partial charge in [0.15, 0.2) is 0 Å². The lowest BCUT2D eigenvalue weighted by molar-refractivity contribution is -0.113. The molecule has 0 unspecified atom stereocenters. The van der Waals surface area contributed by atoms with Crippen LogP contribution in [0.3, 0.4) is 0 Å². The number of anilines is 1. The van der Waals surface area contributed by atoms with E-state index in [1.54, 1.807) is 6.20 Å². The van der Waals surface area contributed by atoms with Gasteiger partial charge in [-0.3, -0.25) is 4.79 Å². The molecule has 1 N–H and O–H groups in total. The highest BCUT2D eigenvalue weighted by molar-refractivity contribution is 8.00. The molecule has 0 fully saturated rings. The number of nitrogens with zero attached hydrogens (tertiary/aromatic N) is 2. The van der Waals surface area contributed by atoms with Crippen molar-refractivity contribution in [1.29, 1.82) is 0 Å². The van der Waals surface area contributed by atoms with Crippen molar-refractivity contribution in [2.24, 2.45) is 0 Å². The summed E-state index contributed by atoms with van der Waals surface area (Å²) in [4.78, 5) is 12.3. The third-order valence-corrected chi connectivity index (χ3v) is 4.71. The van der Waals surface area contributed by atoms with Crippen molar-refractivity contribution in [3.05, 3.63) is 60.3 Å². The first-order valence-electron chi connectivity index (χ1n) is 7.87. The number of amides is 1. The third kappa shape index (κ3) is 3.74. The lowest BCUT2D eigenvalue weighted by Crippen LogP contribution is -2.15. The zero-order valence-corrected chi connectivity index (χ0v) is 14.5. The van der Waals surface area contributed by atoms with Crippen molar-refractivity contribution < 1.29 is 4.79 Å². The molecule has 0 saturated carbocycles. The molecule has 0 atom stereocenters. The van der Waals surface area contributed by atoms with Gasteiger partial charge in [-0.2, -0.15) is 5.10 Å². The first-order valence-corrected chi connectivity index (χ1v) is 8.85. The second kappa shape index (κ2) is 7.45. The summed E-state index contributed by atoms with van der Waals surface area (Å²) < 4.78 is 0. The Bertz CT molecular complexity index is 859. The highest BCUT2D eigenvalue weighted by Crippen LogP contribution is 2.26. The van der Waals surface area contributed by atoms with Crippen LogP contribution in [0.1, 0.15) is 25.3 Å². The van der Waals surface area contributed by atoms with E-state index in [4.69, 9.17) is 0 Å². The maximum Gasteiger partial charge on any atom is 0.234 e. The van der Waals surface area contributed by atoms with E-state index in [9.17, 15) is 4.79 Å². The standard InChI is InChI=1S/C19H19N3OS/c1-13(2)15-8-5-6-10-17(15)21-18(23)12-24-19-16-9-4-3-7-14(16)11-20-22-19/h3-11,13H,12H2,1-2H3,(H,21,23). The van der Waals surface area contributed by atoms with Crippen LogP contribution in [0.4, 0.5) is 5.69 Å². The summed E-state index contributed by atoms with van der Waals surface area (Å²) in [5.41, 5.74) is 2.02. The van der Waals surface area contributed by atoms with Crippen LogP contribution in [0, 0.1) is 0 Å². The normalized spacial score (nSPS) is 11.0. The summed E-state index contributed by atoms with van der Waals surface area (Å²) in [5.74, 6) is 0.621. The quantitative estimate of drug-likeness (QED) is 0.697. The van der Waals surface area contributed by atoms with E-state index < -0.39 is 0 Å². The van der Waals surface area contributed by atoms with Crippen molar-refractivity contribution in [3.8, 4) is 0 Å². The van der Waals surface area contributed by atoms with Gasteiger partial charge in [0, 0.05) is 16.5 Å². The molecule has 0 spiro atoms. The Balaban J connectivity index is 1.70. The number of carbonyl (C=O) groups is 1. The fourth-order valence-corrected chi connectivity index (χ4v) is 3.33. The predicted octanol–water partition coefficient (Wildman–Crippen LogP) is 4.48. The van der Waals surface area contributed by atoms with Gasteiger partial charge >= 0.3 is 0 Å². The van der Waals surface area contributed by atoms with Gasteiger partial charge in [0.2, 0.25) is 5.91 Å². The van der Waals surface area contributed by atoms with E-state index in [1.807, 2.05) is 48.5 Å². The molecule has 0 aliphatic carbocycles. The Kier molecular flexibility index (Phi) is 5.11. The molecular weight excluding hydrogens is 318 g/mol. The van der Waals surface area contributed by atoms with Crippen LogP contribution in [0.15, 0.2) is 59.8 Å². The lowest BCUT2D eigenvalue weighted by atomic mass is 10.0. The number of para-hydroxylation sites is 1. The van der Waals surface area contributed by atoms with Crippen LogP contribution in [0.2, 0.25) is 0 Å². The van der Waals surface area contributed by atoms with Crippen LogP contribution in [0.25, 0.3) is 10.8 Å². The second-order valence-electron chi connectivity index (χ2n) is 5.82. The highest BCUT2D eigenvalue weighted by atomic mass is 32.2. The maximum absolute atomic E-state index is 12.3. The van der Waals surface area contributed by atoms with Crippen LogP contribution in [-0.4, -0.2) is 21.9 Å². The number of hydrogen-bond acceptors (Lipinski definition) is 4. The van der Waals surface area contributed by atoms with Crippen molar-refractivity contribution >= 4 is 34.1 Å². The number of benzene rings is 2. The summed E-state index contributed by atoms with van der Waals surface area (Å²) in [6.45, 7) is 4.23. The number of carbonyl (C=O) groups excluding carboxylic acids is 1. The van der Waals surface area contributed by atoms with Crippen molar-refractivity contribution in [3.63, 3.8) is 0 Å². The monoisotopic (exact) mass is 337 g/mol. The average Bonchev–Trinajstić information content (AvgIpc) is 2.60. The fraction of sp³-hybridized carbons (Fsp3) is 0.211. The third-order valence-electron chi connectivity index (χ3n) is 3.73. The zero-order valence-electron chi connectivity index (χ0n) is 13.7. The Hall–Kier alpha value is -2.40. The molecule has 122 valence electrons. The summed E-state index contributed by atoms with van der Waals surface area (Å²) in [7, 11) is 0. The number of fused-ring (bicyclic) bond motifs is 1. The van der Waals surface area contributed by atoms with Crippen molar-refractivity contribution in [2.45, 2.75) is 24.8 Å². The predicted molar refractivity (Wildman–Crippen MR) is 99.4 cm³/mol. The molecule has 0 aliphatic heterocycles. The van der Waals surface area contributed by atoms with E-state index >= 15 is 0 Å². The molecule has 0 bridgehead atoms. The van der Waals surface area contributed by atoms with Gasteiger partial charge in [-0.05, 0) is 17.5 Å². The molecule has 2 aromatic carbocycles. The topological polar surface area (TPSA) is 54.9 Å². The molecule has 1 amide bonds. The first-order chi connectivity index (χ1) is 11.6. The summed E-state index contributed by atoms with van der Waals surface area (Å²) in [5, 5.41) is 14.0. The van der Waals surface area contributed by atoms with Gasteiger partial charge in [-0.15, -0.1) is 5.10 Å². The van der Waals surface area contributed by atoms with Gasteiger partial charge in [0.1, 0.15) is 5.03 Å². The summed E-state index contributed by atoms with van der Waals surface area (Å²) in [6, 6.07) is 15.8. The molecule has 0 radical (unpaired) electrons. The number of thioether (sulfide) groups is 1. The molecule has 24 heavy (non-hydrogen) atoms. The number of hydrogen-bond donors (Lipinski definition) is 1. The SMILES string of the molecule is CC(C)c1ccccc1NC(=O)CSc1nncc2ccccc12. The smallest absolute Gasteiger partial charge is 0.234 e. The van der Waals surface area contributed by atoms with E-state index in [0.29, 0.717) is 11.7 Å². The molecule has 1 heterocycles. The van der Waals surface area contributed by atoms with Crippen LogP contribution < -0.4 is 5.32 Å². The highest BCUT2D eigenvalue weighted by Gasteiger charge is 2.11. The number of aromatic nitrogens is 2. The Morgan fingerprint density at radius 1 is 1.12 bits per heavy atom. The fourth-order valence-electron chi connectivity index (χ4n) is 2.54. The minimum absolute atomic E-state index is 0.0390. The summed E-state index contributed by atoms with van der Waals surface area (Å²) >= 11 is 1.41. The maximum atomic E-state index is 12.3. The average molecular weight is 337 g/mol. The molecule has 3 rings (SSSR count). The lowest BCUT2D eigenvalue weighted by Gasteiger charge is -2.13. The van der Waals surface area contributed by atoms with Gasteiger partial charge in [-0.1, -0.05) is 68.1 Å². The molecule has 0 saturated heterocycles. The summed E-state index contributed by atoms with van der Waals surface area (Å²) in [6.07, 6.45) is 1.73. The molecular formula is C19H19N3OS. The molecule has 5 heteroatoms. The van der Waals surface area contributed by atoms with Crippen molar-refractivity contribution in [2.75, 3.05) is 11.1 Å². The molecule has 3 aromatic rings. The number of rotatable bonds is 5. The van der Waals surface area contributed by atoms with E-state index in [0.717, 1.165) is 27.0 Å². The zero-order chi connectivity index (χ0) is 16.9. The van der Waals surface area contributed by atoms with Gasteiger partial charge < -0.3 is 5.32 Å². The van der Waals surface area contributed by atoms with E-state index in [2.05, 4.69) is 29.4 Å². The Morgan fingerprint density at radius 2 is 1.88 bits per heavy atom. The molecule has 4 nitrogen and oxygen atoms in total. The minimum Gasteiger partial charge on any atom is -0.325 e.